The molecule has 0 heterocycles. The van der Waals surface area contributed by atoms with Crippen LogP contribution in [0.2, 0.25) is 0 Å². The van der Waals surface area contributed by atoms with Crippen LogP contribution < -0.4 is 0 Å². The Hall–Kier alpha value is -2.95. The second kappa shape index (κ2) is 6.00. The second-order valence-electron chi connectivity index (χ2n) is 4.55. The molecular formula is C16H13NO4. The fourth-order valence-electron chi connectivity index (χ4n) is 1.80. The van der Waals surface area contributed by atoms with Crippen molar-refractivity contribution in [3.05, 3.63) is 75.3 Å². The predicted molar refractivity (Wildman–Crippen MR) is 79.3 cm³/mol. The largest absolute Gasteiger partial charge is 0.508 e. The molecule has 1 N–H and O–H groups in total. The Morgan fingerprint density at radius 3 is 2.43 bits per heavy atom. The Kier molecular flexibility index (Phi) is 4.13. The molecule has 2 aromatic rings. The van der Waals surface area contributed by atoms with E-state index in [0.29, 0.717) is 5.56 Å². The summed E-state index contributed by atoms with van der Waals surface area (Å²) < 4.78 is 0. The Balaban J connectivity index is 2.14. The lowest BCUT2D eigenvalue weighted by atomic mass is 10.1. The van der Waals surface area contributed by atoms with Crippen LogP contribution in [0.25, 0.3) is 6.08 Å². The minimum absolute atomic E-state index is 0.0512. The summed E-state index contributed by atoms with van der Waals surface area (Å²) in [5.41, 5.74) is 1.84. The number of nitro groups is 1. The molecule has 2 rings (SSSR count). The Morgan fingerprint density at radius 1 is 1.19 bits per heavy atom. The number of nitro benzene ring substituents is 1. The van der Waals surface area contributed by atoms with E-state index in [-0.39, 0.29) is 17.2 Å². The van der Waals surface area contributed by atoms with Gasteiger partial charge in [0, 0.05) is 17.7 Å². The first-order valence-electron chi connectivity index (χ1n) is 6.24. The number of hydrogen-bond acceptors (Lipinski definition) is 4. The van der Waals surface area contributed by atoms with Crippen molar-refractivity contribution in [3.63, 3.8) is 0 Å². The van der Waals surface area contributed by atoms with Gasteiger partial charge in [-0.15, -0.1) is 0 Å². The molecule has 0 spiro atoms. The normalized spacial score (nSPS) is 10.7. The first kappa shape index (κ1) is 14.5. The van der Waals surface area contributed by atoms with Crippen molar-refractivity contribution < 1.29 is 14.8 Å². The average molecular weight is 283 g/mol. The molecule has 0 aliphatic heterocycles. The van der Waals surface area contributed by atoms with Crippen LogP contribution in [0.15, 0.2) is 48.5 Å². The van der Waals surface area contributed by atoms with Crippen LogP contribution in [0.4, 0.5) is 5.69 Å². The van der Waals surface area contributed by atoms with Crippen molar-refractivity contribution in [2.24, 2.45) is 0 Å². The van der Waals surface area contributed by atoms with Gasteiger partial charge in [-0.2, -0.15) is 0 Å². The standard InChI is InChI=1S/C16H13NO4/c1-11-10-12(2-8-15(11)18)3-9-16(19)13-4-6-14(7-5-13)17(20)21/h2-10,18H,1H3/b9-3+. The van der Waals surface area contributed by atoms with Gasteiger partial charge in [0.05, 0.1) is 4.92 Å². The van der Waals surface area contributed by atoms with Crippen LogP contribution in [0, 0.1) is 17.0 Å². The topological polar surface area (TPSA) is 80.4 Å². The minimum atomic E-state index is -0.511. The molecule has 2 aromatic carbocycles. The van der Waals surface area contributed by atoms with E-state index in [0.717, 1.165) is 11.1 Å². The van der Waals surface area contributed by atoms with Crippen molar-refractivity contribution in [1.29, 1.82) is 0 Å². The number of phenols is 1. The quantitative estimate of drug-likeness (QED) is 0.403. The molecule has 0 aliphatic carbocycles. The number of ketones is 1. The number of hydrogen-bond donors (Lipinski definition) is 1. The number of rotatable bonds is 4. The highest BCUT2D eigenvalue weighted by molar-refractivity contribution is 6.06. The summed E-state index contributed by atoms with van der Waals surface area (Å²) in [6.45, 7) is 1.77. The second-order valence-corrected chi connectivity index (χ2v) is 4.55. The van der Waals surface area contributed by atoms with Crippen LogP contribution in [-0.4, -0.2) is 15.8 Å². The van der Waals surface area contributed by atoms with Gasteiger partial charge in [0.25, 0.3) is 5.69 Å². The summed E-state index contributed by atoms with van der Waals surface area (Å²) in [5, 5.41) is 20.0. The third-order valence-corrected chi connectivity index (χ3v) is 3.01. The lowest BCUT2D eigenvalue weighted by Gasteiger charge is -2.00. The summed E-state index contributed by atoms with van der Waals surface area (Å²) in [7, 11) is 0. The lowest BCUT2D eigenvalue weighted by Crippen LogP contribution is -1.95. The molecule has 5 nitrogen and oxygen atoms in total. The molecule has 106 valence electrons. The molecule has 21 heavy (non-hydrogen) atoms. The van der Waals surface area contributed by atoms with E-state index in [2.05, 4.69) is 0 Å². The maximum absolute atomic E-state index is 11.9. The van der Waals surface area contributed by atoms with E-state index in [1.165, 1.54) is 30.3 Å². The smallest absolute Gasteiger partial charge is 0.269 e. The number of aromatic hydroxyl groups is 1. The van der Waals surface area contributed by atoms with Gasteiger partial charge < -0.3 is 5.11 Å². The molecule has 0 atom stereocenters. The van der Waals surface area contributed by atoms with Gasteiger partial charge >= 0.3 is 0 Å². The van der Waals surface area contributed by atoms with Gasteiger partial charge in [-0.3, -0.25) is 14.9 Å². The number of benzene rings is 2. The maximum Gasteiger partial charge on any atom is 0.269 e. The Morgan fingerprint density at radius 2 is 1.86 bits per heavy atom. The van der Waals surface area contributed by atoms with Gasteiger partial charge in [-0.1, -0.05) is 12.1 Å². The van der Waals surface area contributed by atoms with Crippen molar-refractivity contribution >= 4 is 17.5 Å². The number of carbonyl (C=O) groups excluding carboxylic acids is 1. The van der Waals surface area contributed by atoms with E-state index in [1.807, 2.05) is 0 Å². The number of carbonyl (C=O) groups is 1. The molecule has 0 aromatic heterocycles. The van der Waals surface area contributed by atoms with Crippen molar-refractivity contribution in [2.75, 3.05) is 0 Å². The number of nitrogens with zero attached hydrogens (tertiary/aromatic N) is 1. The summed E-state index contributed by atoms with van der Waals surface area (Å²) in [5.74, 6) is -0.0375. The van der Waals surface area contributed by atoms with Crippen molar-refractivity contribution in [2.45, 2.75) is 6.92 Å². The van der Waals surface area contributed by atoms with E-state index >= 15 is 0 Å². The summed E-state index contributed by atoms with van der Waals surface area (Å²) in [6.07, 6.45) is 3.03. The van der Waals surface area contributed by atoms with Gasteiger partial charge in [0.15, 0.2) is 5.78 Å². The third-order valence-electron chi connectivity index (χ3n) is 3.01. The Labute approximate surface area is 121 Å². The molecule has 0 unspecified atom stereocenters. The lowest BCUT2D eigenvalue weighted by molar-refractivity contribution is -0.384. The molecule has 0 radical (unpaired) electrons. The van der Waals surface area contributed by atoms with E-state index in [4.69, 9.17) is 0 Å². The van der Waals surface area contributed by atoms with Crippen LogP contribution >= 0.6 is 0 Å². The monoisotopic (exact) mass is 283 g/mol. The molecule has 0 bridgehead atoms. The first-order valence-corrected chi connectivity index (χ1v) is 6.24. The van der Waals surface area contributed by atoms with Crippen LogP contribution in [0.5, 0.6) is 5.75 Å². The van der Waals surface area contributed by atoms with Gasteiger partial charge in [-0.05, 0) is 48.4 Å². The van der Waals surface area contributed by atoms with E-state index in [9.17, 15) is 20.0 Å². The number of allylic oxidation sites excluding steroid dienone is 1. The van der Waals surface area contributed by atoms with Gasteiger partial charge in [0.2, 0.25) is 0 Å². The minimum Gasteiger partial charge on any atom is -0.508 e. The van der Waals surface area contributed by atoms with Gasteiger partial charge in [0.1, 0.15) is 5.75 Å². The number of phenolic OH excluding ortho intramolecular Hbond substituents is 1. The zero-order valence-electron chi connectivity index (χ0n) is 11.3. The maximum atomic E-state index is 11.9. The zero-order valence-corrected chi connectivity index (χ0v) is 11.3. The molecular weight excluding hydrogens is 270 g/mol. The Bertz CT molecular complexity index is 718. The van der Waals surface area contributed by atoms with Gasteiger partial charge in [-0.25, -0.2) is 0 Å². The molecule has 0 fully saturated rings. The molecule has 5 heteroatoms. The molecule has 0 amide bonds. The summed E-state index contributed by atoms with van der Waals surface area (Å²) in [6, 6.07) is 10.5. The summed E-state index contributed by atoms with van der Waals surface area (Å²) >= 11 is 0. The molecule has 0 saturated heterocycles. The van der Waals surface area contributed by atoms with Crippen LogP contribution in [0.1, 0.15) is 21.5 Å². The fraction of sp³-hybridized carbons (Fsp3) is 0.0625. The van der Waals surface area contributed by atoms with Crippen LogP contribution in [-0.2, 0) is 0 Å². The molecule has 0 aliphatic rings. The van der Waals surface area contributed by atoms with Crippen molar-refractivity contribution in [1.82, 2.24) is 0 Å². The van der Waals surface area contributed by atoms with Crippen LogP contribution in [0.3, 0.4) is 0 Å². The fourth-order valence-corrected chi connectivity index (χ4v) is 1.80. The average Bonchev–Trinajstić information content (AvgIpc) is 2.48. The predicted octanol–water partition coefficient (Wildman–Crippen LogP) is 3.50. The number of aryl methyl sites for hydroxylation is 1. The highest BCUT2D eigenvalue weighted by Gasteiger charge is 2.07. The summed E-state index contributed by atoms with van der Waals surface area (Å²) in [4.78, 5) is 22.0. The van der Waals surface area contributed by atoms with E-state index in [1.54, 1.807) is 31.2 Å². The van der Waals surface area contributed by atoms with Crippen molar-refractivity contribution in [3.8, 4) is 5.75 Å². The highest BCUT2D eigenvalue weighted by atomic mass is 16.6. The SMILES string of the molecule is Cc1cc(/C=C/C(=O)c2ccc([N+](=O)[O-])cc2)ccc1O. The third kappa shape index (κ3) is 3.54. The zero-order chi connectivity index (χ0) is 15.4. The van der Waals surface area contributed by atoms with E-state index < -0.39 is 4.92 Å². The number of non-ortho nitro benzene ring substituents is 1. The highest BCUT2D eigenvalue weighted by Crippen LogP contribution is 2.18. The first-order chi connectivity index (χ1) is 9.97. The molecule has 0 saturated carbocycles.